The zero-order chi connectivity index (χ0) is 14.4. The molecule has 20 heavy (non-hydrogen) atoms. The molecule has 1 unspecified atom stereocenters. The van der Waals surface area contributed by atoms with Crippen molar-refractivity contribution in [1.29, 1.82) is 0 Å². The second kappa shape index (κ2) is 7.96. The molecule has 1 heterocycles. The Morgan fingerprint density at radius 1 is 1.35 bits per heavy atom. The predicted octanol–water partition coefficient (Wildman–Crippen LogP) is 1.28. The second-order valence-corrected chi connectivity index (χ2v) is 6.13. The number of rotatable bonds is 7. The normalized spacial score (nSPS) is 23.3. The van der Waals surface area contributed by atoms with Gasteiger partial charge >= 0.3 is 5.97 Å². The van der Waals surface area contributed by atoms with E-state index in [0.29, 0.717) is 12.6 Å². The van der Waals surface area contributed by atoms with Crippen molar-refractivity contribution >= 4 is 5.97 Å². The van der Waals surface area contributed by atoms with Crippen molar-refractivity contribution in [2.75, 3.05) is 45.9 Å². The van der Waals surface area contributed by atoms with E-state index in [1.54, 1.807) is 0 Å². The number of hydrogen-bond acceptors (Lipinski definition) is 4. The fraction of sp³-hybridized carbons (Fsp3) is 0.933. The van der Waals surface area contributed by atoms with Gasteiger partial charge in [0.15, 0.2) is 0 Å². The van der Waals surface area contributed by atoms with Crippen LogP contribution in [0.2, 0.25) is 0 Å². The van der Waals surface area contributed by atoms with Crippen molar-refractivity contribution < 1.29 is 14.6 Å². The first-order chi connectivity index (χ1) is 9.66. The van der Waals surface area contributed by atoms with Gasteiger partial charge in [-0.2, -0.15) is 0 Å². The molecule has 1 saturated heterocycles. The fourth-order valence-electron chi connectivity index (χ4n) is 3.22. The highest BCUT2D eigenvalue weighted by Gasteiger charge is 2.26. The van der Waals surface area contributed by atoms with Gasteiger partial charge in [0.25, 0.3) is 0 Å². The van der Waals surface area contributed by atoms with Crippen LogP contribution in [0.3, 0.4) is 0 Å². The van der Waals surface area contributed by atoms with Gasteiger partial charge in [-0.3, -0.25) is 14.6 Å². The van der Waals surface area contributed by atoms with Gasteiger partial charge in [0, 0.05) is 38.8 Å². The third kappa shape index (κ3) is 4.72. The average Bonchev–Trinajstić information content (AvgIpc) is 2.98. The number of hydrogen-bond donors (Lipinski definition) is 1. The van der Waals surface area contributed by atoms with Crippen LogP contribution in [-0.2, 0) is 9.53 Å². The zero-order valence-corrected chi connectivity index (χ0v) is 12.6. The lowest BCUT2D eigenvalue weighted by atomic mass is 10.1. The summed E-state index contributed by atoms with van der Waals surface area (Å²) in [6.45, 7) is 8.20. The van der Waals surface area contributed by atoms with Gasteiger partial charge in [0.1, 0.15) is 0 Å². The monoisotopic (exact) mass is 284 g/mol. The summed E-state index contributed by atoms with van der Waals surface area (Å²) in [6, 6.07) is 0.595. The molecule has 0 aromatic rings. The van der Waals surface area contributed by atoms with E-state index in [2.05, 4.69) is 9.80 Å². The Morgan fingerprint density at radius 2 is 2.00 bits per heavy atom. The van der Waals surface area contributed by atoms with E-state index in [4.69, 9.17) is 9.84 Å². The molecule has 0 aromatic carbocycles. The molecule has 1 N–H and O–H groups in total. The number of morpholine rings is 1. The highest BCUT2D eigenvalue weighted by atomic mass is 16.5. The molecule has 2 fully saturated rings. The SMILES string of the molecule is CC(CN(CCN1CCOCC1)C1CCCC1)C(=O)O. The minimum atomic E-state index is -0.681. The largest absolute Gasteiger partial charge is 0.481 e. The summed E-state index contributed by atoms with van der Waals surface area (Å²) < 4.78 is 5.37. The van der Waals surface area contributed by atoms with E-state index >= 15 is 0 Å². The molecule has 5 nitrogen and oxygen atoms in total. The summed E-state index contributed by atoms with van der Waals surface area (Å²) in [6.07, 6.45) is 5.05. The Balaban J connectivity index is 1.82. The number of ether oxygens (including phenoxy) is 1. The van der Waals surface area contributed by atoms with Gasteiger partial charge in [-0.25, -0.2) is 0 Å². The first kappa shape index (κ1) is 15.7. The van der Waals surface area contributed by atoms with E-state index in [-0.39, 0.29) is 5.92 Å². The Kier molecular flexibility index (Phi) is 6.26. The van der Waals surface area contributed by atoms with Crippen molar-refractivity contribution in [3.63, 3.8) is 0 Å². The Morgan fingerprint density at radius 3 is 2.60 bits per heavy atom. The molecule has 2 aliphatic rings. The summed E-state index contributed by atoms with van der Waals surface area (Å²) in [7, 11) is 0. The summed E-state index contributed by atoms with van der Waals surface area (Å²) >= 11 is 0. The van der Waals surface area contributed by atoms with Gasteiger partial charge in [0.05, 0.1) is 19.1 Å². The maximum Gasteiger partial charge on any atom is 0.307 e. The van der Waals surface area contributed by atoms with Crippen LogP contribution in [0.15, 0.2) is 0 Å². The summed E-state index contributed by atoms with van der Waals surface area (Å²) in [4.78, 5) is 15.9. The van der Waals surface area contributed by atoms with Gasteiger partial charge in [-0.1, -0.05) is 19.8 Å². The third-order valence-electron chi connectivity index (χ3n) is 4.58. The second-order valence-electron chi connectivity index (χ2n) is 6.13. The van der Waals surface area contributed by atoms with Gasteiger partial charge in [-0.05, 0) is 12.8 Å². The third-order valence-corrected chi connectivity index (χ3v) is 4.58. The molecule has 0 aromatic heterocycles. The van der Waals surface area contributed by atoms with Crippen molar-refractivity contribution in [2.24, 2.45) is 5.92 Å². The molecule has 116 valence electrons. The minimum absolute atomic E-state index is 0.278. The van der Waals surface area contributed by atoms with Crippen LogP contribution in [0.1, 0.15) is 32.6 Å². The smallest absolute Gasteiger partial charge is 0.307 e. The Labute approximate surface area is 121 Å². The van der Waals surface area contributed by atoms with Crippen LogP contribution in [-0.4, -0.2) is 72.9 Å². The first-order valence-corrected chi connectivity index (χ1v) is 7.94. The molecule has 5 heteroatoms. The lowest BCUT2D eigenvalue weighted by Crippen LogP contribution is -2.45. The highest BCUT2D eigenvalue weighted by Crippen LogP contribution is 2.24. The number of carbonyl (C=O) groups is 1. The van der Waals surface area contributed by atoms with Gasteiger partial charge in [-0.15, -0.1) is 0 Å². The van der Waals surface area contributed by atoms with Crippen molar-refractivity contribution in [3.05, 3.63) is 0 Å². The maximum atomic E-state index is 11.1. The van der Waals surface area contributed by atoms with Crippen LogP contribution < -0.4 is 0 Å². The number of carboxylic acid groups (broad SMARTS) is 1. The molecule has 1 atom stereocenters. The number of aliphatic carboxylic acids is 1. The van der Waals surface area contributed by atoms with Crippen molar-refractivity contribution in [1.82, 2.24) is 9.80 Å². The molecular weight excluding hydrogens is 256 g/mol. The van der Waals surface area contributed by atoms with Crippen LogP contribution in [0.5, 0.6) is 0 Å². The van der Waals surface area contributed by atoms with E-state index < -0.39 is 5.97 Å². The molecular formula is C15H28N2O3. The molecule has 2 rings (SSSR count). The van der Waals surface area contributed by atoms with E-state index in [9.17, 15) is 4.79 Å². The van der Waals surface area contributed by atoms with E-state index in [0.717, 1.165) is 39.4 Å². The predicted molar refractivity (Wildman–Crippen MR) is 77.9 cm³/mol. The maximum absolute atomic E-state index is 11.1. The van der Waals surface area contributed by atoms with E-state index in [1.807, 2.05) is 6.92 Å². The first-order valence-electron chi connectivity index (χ1n) is 7.94. The average molecular weight is 284 g/mol. The Bertz CT molecular complexity index is 299. The van der Waals surface area contributed by atoms with Crippen LogP contribution >= 0.6 is 0 Å². The summed E-state index contributed by atoms with van der Waals surface area (Å²) in [5, 5.41) is 9.14. The minimum Gasteiger partial charge on any atom is -0.481 e. The van der Waals surface area contributed by atoms with Crippen molar-refractivity contribution in [3.8, 4) is 0 Å². The van der Waals surface area contributed by atoms with Gasteiger partial charge < -0.3 is 9.84 Å². The van der Waals surface area contributed by atoms with Crippen LogP contribution in [0, 0.1) is 5.92 Å². The Hall–Kier alpha value is -0.650. The lowest BCUT2D eigenvalue weighted by molar-refractivity contribution is -0.142. The highest BCUT2D eigenvalue weighted by molar-refractivity contribution is 5.69. The molecule has 1 aliphatic heterocycles. The molecule has 0 spiro atoms. The molecule has 1 saturated carbocycles. The number of nitrogens with zero attached hydrogens (tertiary/aromatic N) is 2. The zero-order valence-electron chi connectivity index (χ0n) is 12.6. The molecule has 0 bridgehead atoms. The topological polar surface area (TPSA) is 53.0 Å². The summed E-state index contributed by atoms with van der Waals surface area (Å²) in [5.74, 6) is -0.959. The molecule has 0 amide bonds. The molecule has 0 radical (unpaired) electrons. The molecule has 1 aliphatic carbocycles. The summed E-state index contributed by atoms with van der Waals surface area (Å²) in [5.41, 5.74) is 0. The van der Waals surface area contributed by atoms with Crippen LogP contribution in [0.4, 0.5) is 0 Å². The van der Waals surface area contributed by atoms with E-state index in [1.165, 1.54) is 25.7 Å². The quantitative estimate of drug-likeness (QED) is 0.763. The lowest BCUT2D eigenvalue weighted by Gasteiger charge is -2.34. The standard InChI is InChI=1S/C15H28N2O3/c1-13(15(18)19)12-17(14-4-2-3-5-14)7-6-16-8-10-20-11-9-16/h13-14H,2-12H2,1H3,(H,18,19). The number of carboxylic acids is 1. The van der Waals surface area contributed by atoms with Crippen LogP contribution in [0.25, 0.3) is 0 Å². The van der Waals surface area contributed by atoms with Gasteiger partial charge in [0.2, 0.25) is 0 Å². The fourth-order valence-corrected chi connectivity index (χ4v) is 3.22. The van der Waals surface area contributed by atoms with Crippen molar-refractivity contribution in [2.45, 2.75) is 38.6 Å².